The number of sulfonamides is 1. The molecule has 20 heavy (non-hydrogen) atoms. The molecule has 0 fully saturated rings. The maximum Gasteiger partial charge on any atom is 0.244 e. The van der Waals surface area contributed by atoms with Crippen LogP contribution in [0.3, 0.4) is 0 Å². The third kappa shape index (κ3) is 4.18. The Balaban J connectivity index is 3.02. The van der Waals surface area contributed by atoms with Gasteiger partial charge in [-0.3, -0.25) is 4.98 Å². The van der Waals surface area contributed by atoms with Crippen molar-refractivity contribution in [2.24, 2.45) is 5.73 Å². The molecule has 0 spiro atoms. The van der Waals surface area contributed by atoms with Crippen molar-refractivity contribution in [3.63, 3.8) is 0 Å². The van der Waals surface area contributed by atoms with E-state index in [2.05, 4.69) is 4.98 Å². The van der Waals surface area contributed by atoms with Crippen LogP contribution in [0.4, 0.5) is 0 Å². The molecule has 0 radical (unpaired) electrons. The number of hydrogen-bond donors (Lipinski definition) is 2. The van der Waals surface area contributed by atoms with Crippen molar-refractivity contribution < 1.29 is 18.3 Å². The molecular formula is C11H17N3O4S2. The monoisotopic (exact) mass is 319 g/mol. The second kappa shape index (κ2) is 7.60. The van der Waals surface area contributed by atoms with Crippen molar-refractivity contribution in [2.45, 2.75) is 4.90 Å². The van der Waals surface area contributed by atoms with E-state index in [9.17, 15) is 8.42 Å². The molecule has 0 amide bonds. The highest BCUT2D eigenvalue weighted by Gasteiger charge is 2.24. The second-order valence-electron chi connectivity index (χ2n) is 3.86. The second-order valence-corrected chi connectivity index (χ2v) is 6.24. The van der Waals surface area contributed by atoms with Gasteiger partial charge in [0.05, 0.1) is 18.9 Å². The summed E-state index contributed by atoms with van der Waals surface area (Å²) in [6.45, 7) is 0.0954. The van der Waals surface area contributed by atoms with Gasteiger partial charge in [-0.25, -0.2) is 8.42 Å². The Bertz CT molecular complexity index is 545. The fourth-order valence-electron chi connectivity index (χ4n) is 1.48. The highest BCUT2D eigenvalue weighted by molar-refractivity contribution is 7.89. The zero-order valence-corrected chi connectivity index (χ0v) is 12.7. The predicted octanol–water partition coefficient (Wildman–Crippen LogP) is -0.655. The van der Waals surface area contributed by atoms with Gasteiger partial charge in [0.1, 0.15) is 9.88 Å². The number of thiocarbonyl (C=S) groups is 1. The van der Waals surface area contributed by atoms with Crippen molar-refractivity contribution in [1.29, 1.82) is 0 Å². The Labute approximate surface area is 123 Å². The van der Waals surface area contributed by atoms with Crippen LogP contribution >= 0.6 is 12.2 Å². The third-order valence-electron chi connectivity index (χ3n) is 2.52. The Hall–Kier alpha value is -1.13. The molecule has 1 rings (SSSR count). The van der Waals surface area contributed by atoms with Gasteiger partial charge in [0.15, 0.2) is 0 Å². The van der Waals surface area contributed by atoms with E-state index in [-0.39, 0.29) is 36.2 Å². The Morgan fingerprint density at radius 1 is 1.50 bits per heavy atom. The minimum Gasteiger partial charge on any atom is -0.395 e. The van der Waals surface area contributed by atoms with Crippen LogP contribution in [-0.4, -0.2) is 61.2 Å². The van der Waals surface area contributed by atoms with E-state index in [0.29, 0.717) is 5.69 Å². The molecule has 7 nitrogen and oxygen atoms in total. The van der Waals surface area contributed by atoms with Gasteiger partial charge in [0, 0.05) is 26.4 Å². The lowest BCUT2D eigenvalue weighted by Crippen LogP contribution is -2.36. The van der Waals surface area contributed by atoms with Crippen LogP contribution in [-0.2, 0) is 14.8 Å². The van der Waals surface area contributed by atoms with Gasteiger partial charge in [0.25, 0.3) is 0 Å². The van der Waals surface area contributed by atoms with E-state index in [4.69, 9.17) is 27.8 Å². The normalized spacial score (nSPS) is 11.8. The summed E-state index contributed by atoms with van der Waals surface area (Å²) in [4.78, 5) is 4.02. The van der Waals surface area contributed by atoms with E-state index in [1.807, 2.05) is 0 Å². The molecule has 3 N–H and O–H groups in total. The Kier molecular flexibility index (Phi) is 6.43. The molecule has 0 saturated carbocycles. The van der Waals surface area contributed by atoms with Gasteiger partial charge in [-0.2, -0.15) is 4.31 Å². The molecule has 0 saturated heterocycles. The number of nitrogens with two attached hydrogens (primary N) is 1. The SMILES string of the molecule is COCCN(CCO)S(=O)(=O)c1ccc(C(N)=S)nc1. The molecule has 1 aromatic rings. The topological polar surface area (TPSA) is 106 Å². The average Bonchev–Trinajstić information content (AvgIpc) is 2.43. The van der Waals surface area contributed by atoms with E-state index in [1.54, 1.807) is 0 Å². The first-order valence-electron chi connectivity index (χ1n) is 5.79. The first kappa shape index (κ1) is 16.9. The molecule has 112 valence electrons. The average molecular weight is 319 g/mol. The lowest BCUT2D eigenvalue weighted by Gasteiger charge is -2.20. The predicted molar refractivity (Wildman–Crippen MR) is 77.8 cm³/mol. The number of aromatic nitrogens is 1. The highest BCUT2D eigenvalue weighted by Crippen LogP contribution is 2.14. The van der Waals surface area contributed by atoms with Gasteiger partial charge in [-0.15, -0.1) is 0 Å². The minimum atomic E-state index is -3.73. The first-order valence-corrected chi connectivity index (χ1v) is 7.64. The van der Waals surface area contributed by atoms with Crippen molar-refractivity contribution in [3.8, 4) is 0 Å². The van der Waals surface area contributed by atoms with Gasteiger partial charge in [-0.1, -0.05) is 12.2 Å². The molecule has 0 bridgehead atoms. The summed E-state index contributed by atoms with van der Waals surface area (Å²) < 4.78 is 30.7. The molecule has 0 aliphatic rings. The highest BCUT2D eigenvalue weighted by atomic mass is 32.2. The lowest BCUT2D eigenvalue weighted by molar-refractivity contribution is 0.168. The number of methoxy groups -OCH3 is 1. The number of hydrogen-bond acceptors (Lipinski definition) is 6. The summed E-state index contributed by atoms with van der Waals surface area (Å²) in [5, 5.41) is 8.97. The molecule has 0 aliphatic heterocycles. The Morgan fingerprint density at radius 2 is 2.20 bits per heavy atom. The van der Waals surface area contributed by atoms with Crippen molar-refractivity contribution in [2.75, 3.05) is 33.4 Å². The van der Waals surface area contributed by atoms with Gasteiger partial charge in [-0.05, 0) is 12.1 Å². The zero-order chi connectivity index (χ0) is 15.2. The summed E-state index contributed by atoms with van der Waals surface area (Å²) in [6, 6.07) is 2.83. The molecule has 0 aliphatic carbocycles. The smallest absolute Gasteiger partial charge is 0.244 e. The molecule has 0 atom stereocenters. The van der Waals surface area contributed by atoms with Crippen LogP contribution in [0.1, 0.15) is 5.69 Å². The van der Waals surface area contributed by atoms with Crippen LogP contribution in [0.5, 0.6) is 0 Å². The summed E-state index contributed by atoms with van der Waals surface area (Å²) in [6.07, 6.45) is 1.20. The van der Waals surface area contributed by atoms with E-state index >= 15 is 0 Å². The molecule has 1 aromatic heterocycles. The summed E-state index contributed by atoms with van der Waals surface area (Å²) >= 11 is 4.76. The van der Waals surface area contributed by atoms with Gasteiger partial charge < -0.3 is 15.6 Å². The summed E-state index contributed by atoms with van der Waals surface area (Å²) in [5.41, 5.74) is 5.76. The first-order chi connectivity index (χ1) is 9.43. The standard InChI is InChI=1S/C11H17N3O4S2/c1-18-7-5-14(4-6-15)20(16,17)9-2-3-10(11(12)19)13-8-9/h2-3,8,15H,4-7H2,1H3,(H2,12,19). The van der Waals surface area contributed by atoms with Crippen LogP contribution in [0, 0.1) is 0 Å². The van der Waals surface area contributed by atoms with Crippen LogP contribution in [0.2, 0.25) is 0 Å². The number of rotatable bonds is 8. The van der Waals surface area contributed by atoms with E-state index < -0.39 is 10.0 Å². The van der Waals surface area contributed by atoms with Crippen molar-refractivity contribution >= 4 is 27.2 Å². The molecule has 9 heteroatoms. The van der Waals surface area contributed by atoms with Crippen molar-refractivity contribution in [1.82, 2.24) is 9.29 Å². The molecule has 1 heterocycles. The maximum absolute atomic E-state index is 12.4. The number of aliphatic hydroxyl groups is 1. The number of aliphatic hydroxyl groups excluding tert-OH is 1. The van der Waals surface area contributed by atoms with E-state index in [1.165, 1.54) is 25.4 Å². The molecule has 0 unspecified atom stereocenters. The number of ether oxygens (including phenoxy) is 1. The summed E-state index contributed by atoms with van der Waals surface area (Å²) in [5.74, 6) is 0. The largest absolute Gasteiger partial charge is 0.395 e. The van der Waals surface area contributed by atoms with E-state index in [0.717, 1.165) is 4.31 Å². The fourth-order valence-corrected chi connectivity index (χ4v) is 2.97. The Morgan fingerprint density at radius 3 is 2.65 bits per heavy atom. The van der Waals surface area contributed by atoms with Crippen molar-refractivity contribution in [3.05, 3.63) is 24.0 Å². The third-order valence-corrected chi connectivity index (χ3v) is 4.61. The van der Waals surface area contributed by atoms with Crippen LogP contribution < -0.4 is 5.73 Å². The molecule has 0 aromatic carbocycles. The number of pyridine rings is 1. The maximum atomic E-state index is 12.4. The van der Waals surface area contributed by atoms with Crippen LogP contribution in [0.25, 0.3) is 0 Å². The minimum absolute atomic E-state index is 0.0112. The van der Waals surface area contributed by atoms with Crippen LogP contribution in [0.15, 0.2) is 23.2 Å². The van der Waals surface area contributed by atoms with Gasteiger partial charge in [0.2, 0.25) is 10.0 Å². The summed E-state index contributed by atoms with van der Waals surface area (Å²) in [7, 11) is -2.26. The van der Waals surface area contributed by atoms with Gasteiger partial charge >= 0.3 is 0 Å². The number of nitrogens with zero attached hydrogens (tertiary/aromatic N) is 2. The zero-order valence-electron chi connectivity index (χ0n) is 11.0. The molecular weight excluding hydrogens is 302 g/mol. The lowest BCUT2D eigenvalue weighted by atomic mass is 10.3. The fraction of sp³-hybridized carbons (Fsp3) is 0.455. The quantitative estimate of drug-likeness (QED) is 0.613.